The fourth-order valence-electron chi connectivity index (χ4n) is 2.57. The molecule has 3 aromatic rings. The van der Waals surface area contributed by atoms with Gasteiger partial charge in [-0.3, -0.25) is 4.57 Å². The second-order valence-corrected chi connectivity index (χ2v) is 7.58. The minimum absolute atomic E-state index is 0.493. The van der Waals surface area contributed by atoms with Crippen LogP contribution < -0.4 is 9.47 Å². The molecular formula is C20H23N3O3S. The van der Waals surface area contributed by atoms with Crippen LogP contribution in [-0.4, -0.2) is 45.4 Å². The molecule has 3 rings (SSSR count). The number of ether oxygens (including phenoxy) is 2. The summed E-state index contributed by atoms with van der Waals surface area (Å²) < 4.78 is 12.7. The lowest BCUT2D eigenvalue weighted by atomic mass is 10.2. The number of hydrogen-bond acceptors (Lipinski definition) is 6. The molecule has 0 fully saturated rings. The van der Waals surface area contributed by atoms with Gasteiger partial charge >= 0.3 is 0 Å². The Morgan fingerprint density at radius 1 is 1.00 bits per heavy atom. The van der Waals surface area contributed by atoms with E-state index < -0.39 is 5.60 Å². The molecule has 2 aromatic carbocycles. The molecule has 0 amide bonds. The summed E-state index contributed by atoms with van der Waals surface area (Å²) in [4.78, 5) is 0. The fourth-order valence-corrected chi connectivity index (χ4v) is 3.47. The van der Waals surface area contributed by atoms with Gasteiger partial charge < -0.3 is 14.6 Å². The van der Waals surface area contributed by atoms with Gasteiger partial charge in [0, 0.05) is 5.75 Å². The number of benzene rings is 2. The van der Waals surface area contributed by atoms with Gasteiger partial charge in [-0.05, 0) is 50.2 Å². The molecule has 0 unspecified atom stereocenters. The summed E-state index contributed by atoms with van der Waals surface area (Å²) in [6, 6.07) is 15.4. The summed E-state index contributed by atoms with van der Waals surface area (Å²) in [7, 11) is 3.27. The topological polar surface area (TPSA) is 69.4 Å². The molecule has 1 heterocycles. The van der Waals surface area contributed by atoms with Crippen LogP contribution in [0.15, 0.2) is 53.7 Å². The molecule has 0 spiro atoms. The van der Waals surface area contributed by atoms with Gasteiger partial charge in [0.15, 0.2) is 11.0 Å². The second-order valence-electron chi connectivity index (χ2n) is 6.64. The van der Waals surface area contributed by atoms with E-state index in [0.717, 1.165) is 22.7 Å². The van der Waals surface area contributed by atoms with Crippen LogP contribution in [0, 0.1) is 0 Å². The van der Waals surface area contributed by atoms with E-state index in [-0.39, 0.29) is 0 Å². The summed E-state index contributed by atoms with van der Waals surface area (Å²) in [5, 5.41) is 19.6. The number of methoxy groups -OCH3 is 2. The minimum Gasteiger partial charge on any atom is -0.497 e. The maximum absolute atomic E-state index is 10.1. The minimum atomic E-state index is -0.814. The molecule has 0 radical (unpaired) electrons. The largest absolute Gasteiger partial charge is 0.497 e. The number of aromatic nitrogens is 3. The van der Waals surface area contributed by atoms with E-state index in [4.69, 9.17) is 9.47 Å². The van der Waals surface area contributed by atoms with Crippen LogP contribution in [0.4, 0.5) is 0 Å². The highest BCUT2D eigenvalue weighted by Gasteiger charge is 2.21. The monoisotopic (exact) mass is 385 g/mol. The lowest BCUT2D eigenvalue weighted by molar-refractivity contribution is 0.107. The fraction of sp³-hybridized carbons (Fsp3) is 0.300. The third-order valence-electron chi connectivity index (χ3n) is 3.87. The third-order valence-corrected chi connectivity index (χ3v) is 5.24. The first-order valence-electron chi connectivity index (χ1n) is 8.51. The lowest BCUT2D eigenvalue weighted by Gasteiger charge is -2.17. The van der Waals surface area contributed by atoms with E-state index in [2.05, 4.69) is 10.2 Å². The van der Waals surface area contributed by atoms with Gasteiger partial charge in [-0.1, -0.05) is 23.9 Å². The zero-order chi connectivity index (χ0) is 19.4. The Kier molecular flexibility index (Phi) is 5.72. The summed E-state index contributed by atoms with van der Waals surface area (Å²) in [6.45, 7) is 3.55. The molecule has 0 bridgehead atoms. The van der Waals surface area contributed by atoms with Crippen LogP contribution in [0.1, 0.15) is 13.8 Å². The molecule has 1 aromatic heterocycles. The van der Waals surface area contributed by atoms with E-state index in [1.54, 1.807) is 28.1 Å². The van der Waals surface area contributed by atoms with Crippen molar-refractivity contribution in [3.05, 3.63) is 48.5 Å². The molecule has 27 heavy (non-hydrogen) atoms. The zero-order valence-corrected chi connectivity index (χ0v) is 16.7. The maximum atomic E-state index is 10.1. The van der Waals surface area contributed by atoms with Crippen LogP contribution in [0.3, 0.4) is 0 Å². The van der Waals surface area contributed by atoms with Crippen molar-refractivity contribution in [2.75, 3.05) is 20.0 Å². The molecule has 0 atom stereocenters. The van der Waals surface area contributed by atoms with Gasteiger partial charge in [0.1, 0.15) is 11.5 Å². The van der Waals surface area contributed by atoms with Gasteiger partial charge in [-0.25, -0.2) is 0 Å². The van der Waals surface area contributed by atoms with Crippen molar-refractivity contribution in [3.8, 4) is 28.6 Å². The number of thioether (sulfide) groups is 1. The van der Waals surface area contributed by atoms with E-state index in [1.165, 1.54) is 11.8 Å². The van der Waals surface area contributed by atoms with Crippen LogP contribution in [0.5, 0.6) is 11.5 Å². The number of rotatable bonds is 7. The molecule has 1 N–H and O–H groups in total. The Balaban J connectivity index is 2.11. The Labute approximate surface area is 163 Å². The predicted octanol–water partition coefficient (Wildman–Crippen LogP) is 3.81. The van der Waals surface area contributed by atoms with Crippen molar-refractivity contribution in [1.29, 1.82) is 0 Å². The average molecular weight is 385 g/mol. The molecule has 7 heteroatoms. The third kappa shape index (κ3) is 4.43. The predicted molar refractivity (Wildman–Crippen MR) is 107 cm³/mol. The molecule has 6 nitrogen and oxygen atoms in total. The SMILES string of the molecule is COc1ccc(-n2c(SCC(C)(C)O)nnc2-c2ccccc2OC)cc1. The lowest BCUT2D eigenvalue weighted by Crippen LogP contribution is -2.22. The first-order valence-corrected chi connectivity index (χ1v) is 9.50. The zero-order valence-electron chi connectivity index (χ0n) is 15.8. The highest BCUT2D eigenvalue weighted by atomic mass is 32.2. The molecule has 0 aliphatic heterocycles. The van der Waals surface area contributed by atoms with Crippen LogP contribution in [-0.2, 0) is 0 Å². The van der Waals surface area contributed by atoms with Gasteiger partial charge in [0.2, 0.25) is 0 Å². The van der Waals surface area contributed by atoms with E-state index in [1.807, 2.05) is 53.1 Å². The summed E-state index contributed by atoms with van der Waals surface area (Å²) >= 11 is 1.46. The number of aliphatic hydroxyl groups is 1. The smallest absolute Gasteiger partial charge is 0.196 e. The van der Waals surface area contributed by atoms with Gasteiger partial charge in [0.05, 0.1) is 31.1 Å². The van der Waals surface area contributed by atoms with Crippen LogP contribution >= 0.6 is 11.8 Å². The van der Waals surface area contributed by atoms with Crippen LogP contribution in [0.2, 0.25) is 0 Å². The van der Waals surface area contributed by atoms with Crippen molar-refractivity contribution in [2.24, 2.45) is 0 Å². The number of hydrogen-bond donors (Lipinski definition) is 1. The Morgan fingerprint density at radius 3 is 2.33 bits per heavy atom. The Hall–Kier alpha value is -2.51. The summed E-state index contributed by atoms with van der Waals surface area (Å²) in [5.74, 6) is 2.67. The maximum Gasteiger partial charge on any atom is 0.196 e. The molecule has 0 saturated carbocycles. The van der Waals surface area contributed by atoms with Gasteiger partial charge in [-0.2, -0.15) is 0 Å². The van der Waals surface area contributed by atoms with Crippen molar-refractivity contribution >= 4 is 11.8 Å². The molecule has 0 aliphatic rings. The van der Waals surface area contributed by atoms with Crippen molar-refractivity contribution in [1.82, 2.24) is 14.8 Å². The van der Waals surface area contributed by atoms with Crippen molar-refractivity contribution < 1.29 is 14.6 Å². The van der Waals surface area contributed by atoms with E-state index >= 15 is 0 Å². The quantitative estimate of drug-likeness (QED) is 0.624. The molecule has 142 valence electrons. The van der Waals surface area contributed by atoms with Gasteiger partial charge in [0.25, 0.3) is 0 Å². The van der Waals surface area contributed by atoms with E-state index in [0.29, 0.717) is 16.7 Å². The molecule has 0 saturated heterocycles. The highest BCUT2D eigenvalue weighted by Crippen LogP contribution is 2.34. The van der Waals surface area contributed by atoms with Crippen LogP contribution in [0.25, 0.3) is 17.1 Å². The summed E-state index contributed by atoms with van der Waals surface area (Å²) in [6.07, 6.45) is 0. The summed E-state index contributed by atoms with van der Waals surface area (Å²) in [5.41, 5.74) is 0.935. The normalized spacial score (nSPS) is 11.4. The second kappa shape index (κ2) is 8.02. The Bertz CT molecular complexity index is 902. The standard InChI is InChI=1S/C20H23N3O3S/c1-20(2,24)13-27-19-22-21-18(16-7-5-6-8-17(16)26-4)23(19)14-9-11-15(25-3)12-10-14/h5-12,24H,13H2,1-4H3. The highest BCUT2D eigenvalue weighted by molar-refractivity contribution is 7.99. The van der Waals surface area contributed by atoms with Gasteiger partial charge in [-0.15, -0.1) is 10.2 Å². The van der Waals surface area contributed by atoms with Crippen molar-refractivity contribution in [2.45, 2.75) is 24.6 Å². The first kappa shape index (κ1) is 19.3. The Morgan fingerprint density at radius 2 is 1.70 bits per heavy atom. The molecular weight excluding hydrogens is 362 g/mol. The van der Waals surface area contributed by atoms with Crippen molar-refractivity contribution in [3.63, 3.8) is 0 Å². The first-order chi connectivity index (χ1) is 12.9. The van der Waals surface area contributed by atoms with E-state index in [9.17, 15) is 5.11 Å². The molecule has 0 aliphatic carbocycles. The number of nitrogens with zero attached hydrogens (tertiary/aromatic N) is 3. The average Bonchev–Trinajstić information content (AvgIpc) is 3.09. The number of para-hydroxylation sites is 1.